The minimum Gasteiger partial charge on any atom is -0.398 e. The van der Waals surface area contributed by atoms with Crippen molar-refractivity contribution < 1.29 is 4.79 Å². The first kappa shape index (κ1) is 18.5. The van der Waals surface area contributed by atoms with Crippen LogP contribution in [0.4, 0.5) is 5.69 Å². The lowest BCUT2D eigenvalue weighted by Gasteiger charge is -2.14. The van der Waals surface area contributed by atoms with Crippen LogP contribution in [0.3, 0.4) is 0 Å². The highest BCUT2D eigenvalue weighted by Gasteiger charge is 2.16. The van der Waals surface area contributed by atoms with E-state index in [2.05, 4.69) is 16.5 Å². The van der Waals surface area contributed by atoms with Crippen LogP contribution in [-0.2, 0) is 11.2 Å². The van der Waals surface area contributed by atoms with Crippen molar-refractivity contribution in [3.05, 3.63) is 54.1 Å². The molecule has 0 aliphatic rings. The highest BCUT2D eigenvalue weighted by atomic mass is 16.1. The van der Waals surface area contributed by atoms with Crippen LogP contribution in [0, 0.1) is 12.3 Å². The van der Waals surface area contributed by atoms with Gasteiger partial charge in [0.25, 0.3) is 0 Å². The second-order valence-electron chi connectivity index (χ2n) is 6.08. The molecule has 1 aromatic carbocycles. The lowest BCUT2D eigenvalue weighted by atomic mass is 9.93. The summed E-state index contributed by atoms with van der Waals surface area (Å²) in [6.07, 6.45) is 9.14. The van der Waals surface area contributed by atoms with Crippen LogP contribution in [0.2, 0.25) is 0 Å². The first-order valence-electron chi connectivity index (χ1n) is 8.36. The van der Waals surface area contributed by atoms with E-state index in [1.54, 1.807) is 18.5 Å². The van der Waals surface area contributed by atoms with E-state index in [-0.39, 0.29) is 11.5 Å². The van der Waals surface area contributed by atoms with E-state index < -0.39 is 0 Å². The van der Waals surface area contributed by atoms with Gasteiger partial charge in [-0.25, -0.2) is 9.97 Å². The lowest BCUT2D eigenvalue weighted by molar-refractivity contribution is -0.111. The van der Waals surface area contributed by atoms with Crippen LogP contribution in [0.25, 0.3) is 11.1 Å². The molecule has 0 spiro atoms. The quantitative estimate of drug-likeness (QED) is 0.331. The summed E-state index contributed by atoms with van der Waals surface area (Å²) in [5.41, 5.74) is 9.84. The molecule has 0 unspecified atom stereocenters. The van der Waals surface area contributed by atoms with Gasteiger partial charge in [0, 0.05) is 36.1 Å². The van der Waals surface area contributed by atoms with E-state index in [1.165, 1.54) is 6.92 Å². The predicted octanol–water partition coefficient (Wildman–Crippen LogP) is 3.89. The third-order valence-electron chi connectivity index (χ3n) is 4.11. The zero-order valence-electron chi connectivity index (χ0n) is 14.8. The van der Waals surface area contributed by atoms with Gasteiger partial charge >= 0.3 is 0 Å². The summed E-state index contributed by atoms with van der Waals surface area (Å²) >= 11 is 0. The normalized spacial score (nSPS) is 10.5. The Labute approximate surface area is 148 Å². The minimum absolute atomic E-state index is 0.0697. The fourth-order valence-electron chi connectivity index (χ4n) is 2.63. The molecule has 0 saturated carbocycles. The van der Waals surface area contributed by atoms with Crippen LogP contribution < -0.4 is 5.73 Å². The minimum atomic E-state index is -0.304. The molecule has 0 radical (unpaired) electrons. The molecule has 0 fully saturated rings. The number of carbonyl (C=O) groups excluding carboxylic acids is 1. The predicted molar refractivity (Wildman–Crippen MR) is 102 cm³/mol. The first-order chi connectivity index (χ1) is 11.9. The molecule has 2 rings (SSSR count). The Morgan fingerprint density at radius 3 is 2.52 bits per heavy atom. The number of hydrogen-bond donors (Lipinski definition) is 2. The maximum absolute atomic E-state index is 11.7. The zero-order valence-corrected chi connectivity index (χ0v) is 14.8. The number of nitrogen functional groups attached to an aromatic ring is 1. The number of unbranched alkanes of at least 4 members (excludes halogenated alkanes) is 2. The number of anilines is 1. The van der Waals surface area contributed by atoms with Crippen molar-refractivity contribution in [2.45, 2.75) is 39.5 Å². The van der Waals surface area contributed by atoms with E-state index in [0.717, 1.165) is 42.4 Å². The summed E-state index contributed by atoms with van der Waals surface area (Å²) in [5.74, 6) is 0.391. The van der Waals surface area contributed by atoms with Crippen molar-refractivity contribution in [3.63, 3.8) is 0 Å². The molecule has 0 aliphatic carbocycles. The molecule has 0 bridgehead atoms. The van der Waals surface area contributed by atoms with Crippen molar-refractivity contribution >= 4 is 17.2 Å². The van der Waals surface area contributed by atoms with Crippen molar-refractivity contribution in [1.82, 2.24) is 9.97 Å². The molecule has 0 atom stereocenters. The summed E-state index contributed by atoms with van der Waals surface area (Å²) in [4.78, 5) is 20.1. The topological polar surface area (TPSA) is 92.7 Å². The third-order valence-corrected chi connectivity index (χ3v) is 4.11. The van der Waals surface area contributed by atoms with Gasteiger partial charge in [0.1, 0.15) is 11.5 Å². The molecule has 0 aliphatic heterocycles. The largest absolute Gasteiger partial charge is 0.398 e. The molecular weight excluding hydrogens is 312 g/mol. The summed E-state index contributed by atoms with van der Waals surface area (Å²) in [5, 5.41) is 8.08. The van der Waals surface area contributed by atoms with Crippen LogP contribution in [0.5, 0.6) is 0 Å². The Hall–Kier alpha value is -2.82. The fraction of sp³-hybridized carbons (Fsp3) is 0.300. The van der Waals surface area contributed by atoms with Crippen LogP contribution >= 0.6 is 0 Å². The maximum atomic E-state index is 11.7. The summed E-state index contributed by atoms with van der Waals surface area (Å²) < 4.78 is 0. The Morgan fingerprint density at radius 2 is 1.92 bits per heavy atom. The van der Waals surface area contributed by atoms with E-state index in [1.807, 2.05) is 19.1 Å². The zero-order chi connectivity index (χ0) is 18.4. The molecule has 0 saturated heterocycles. The summed E-state index contributed by atoms with van der Waals surface area (Å²) in [6, 6.07) is 3.79. The van der Waals surface area contributed by atoms with Gasteiger partial charge in [-0.3, -0.25) is 10.2 Å². The fourth-order valence-corrected chi connectivity index (χ4v) is 2.63. The molecule has 5 nitrogen and oxygen atoms in total. The summed E-state index contributed by atoms with van der Waals surface area (Å²) in [7, 11) is 0. The number of nitrogens with one attached hydrogen (secondary N) is 1. The number of benzene rings is 1. The average molecular weight is 336 g/mol. The number of ketones is 1. The Kier molecular flexibility index (Phi) is 6.17. The number of hydrogen-bond acceptors (Lipinski definition) is 5. The smallest absolute Gasteiger partial charge is 0.178 e. The number of rotatable bonds is 8. The van der Waals surface area contributed by atoms with Gasteiger partial charge in [-0.05, 0) is 55.9 Å². The Morgan fingerprint density at radius 1 is 1.24 bits per heavy atom. The van der Waals surface area contributed by atoms with E-state index >= 15 is 0 Å². The highest BCUT2D eigenvalue weighted by Crippen LogP contribution is 2.29. The van der Waals surface area contributed by atoms with Crippen LogP contribution in [0.1, 0.15) is 43.1 Å². The van der Waals surface area contributed by atoms with Gasteiger partial charge in [0.2, 0.25) is 0 Å². The highest BCUT2D eigenvalue weighted by molar-refractivity contribution is 6.45. The number of aryl methyl sites for hydroxylation is 2. The Bertz CT molecular complexity index is 794. The number of aromatic nitrogens is 2. The molecular formula is C20H24N4O. The molecule has 3 N–H and O–H groups in total. The first-order valence-corrected chi connectivity index (χ1v) is 8.36. The van der Waals surface area contributed by atoms with E-state index in [0.29, 0.717) is 17.1 Å². The van der Waals surface area contributed by atoms with Gasteiger partial charge in [0.05, 0.1) is 0 Å². The van der Waals surface area contributed by atoms with Crippen molar-refractivity contribution in [2.75, 3.05) is 5.73 Å². The summed E-state index contributed by atoms with van der Waals surface area (Å²) in [6.45, 7) is 6.95. The second kappa shape index (κ2) is 8.33. The van der Waals surface area contributed by atoms with Crippen LogP contribution in [-0.4, -0.2) is 21.5 Å². The average Bonchev–Trinajstić information content (AvgIpc) is 2.60. The van der Waals surface area contributed by atoms with Crippen molar-refractivity contribution in [2.24, 2.45) is 0 Å². The van der Waals surface area contributed by atoms with Gasteiger partial charge < -0.3 is 5.73 Å². The number of carbonyl (C=O) groups is 1. The molecule has 1 heterocycles. The van der Waals surface area contributed by atoms with Gasteiger partial charge in [-0.15, -0.1) is 6.58 Å². The maximum Gasteiger partial charge on any atom is 0.178 e. The molecule has 130 valence electrons. The SMILES string of the molecule is C=CCCCCc1cc(-c2cnc(C)nc2)cc(C(=N)C(C)=O)c1N. The third kappa shape index (κ3) is 4.59. The van der Waals surface area contributed by atoms with Crippen molar-refractivity contribution in [3.8, 4) is 11.1 Å². The van der Waals surface area contributed by atoms with Gasteiger partial charge in [-0.2, -0.15) is 0 Å². The lowest BCUT2D eigenvalue weighted by Crippen LogP contribution is -2.14. The van der Waals surface area contributed by atoms with Gasteiger partial charge in [0.15, 0.2) is 5.78 Å². The van der Waals surface area contributed by atoms with E-state index in [4.69, 9.17) is 11.1 Å². The standard InChI is InChI=1S/C20H24N4O/c1-4-5-6-7-8-15-9-16(17-11-23-14(3)24-12-17)10-18(20(15)22)19(21)13(2)25/h4,9-12,21H,1,5-8,22H2,2-3H3. The van der Waals surface area contributed by atoms with Crippen molar-refractivity contribution in [1.29, 1.82) is 5.41 Å². The molecule has 5 heteroatoms. The van der Waals surface area contributed by atoms with Crippen LogP contribution in [0.15, 0.2) is 37.2 Å². The number of allylic oxidation sites excluding steroid dienone is 1. The number of nitrogens with two attached hydrogens (primary N) is 1. The molecule has 1 aromatic heterocycles. The molecule has 0 amide bonds. The molecule has 2 aromatic rings. The number of nitrogens with zero attached hydrogens (tertiary/aromatic N) is 2. The molecule has 25 heavy (non-hydrogen) atoms. The second-order valence-corrected chi connectivity index (χ2v) is 6.08. The van der Waals surface area contributed by atoms with E-state index in [9.17, 15) is 4.79 Å². The monoisotopic (exact) mass is 336 g/mol. The Balaban J connectivity index is 2.46. The number of Topliss-reactive ketones (excluding diaryl/α,β-unsaturated/α-hetero) is 1. The van der Waals surface area contributed by atoms with Gasteiger partial charge in [-0.1, -0.05) is 6.08 Å².